The van der Waals surface area contributed by atoms with Crippen molar-refractivity contribution in [3.05, 3.63) is 57.4 Å². The van der Waals surface area contributed by atoms with Crippen LogP contribution in [0.3, 0.4) is 0 Å². The van der Waals surface area contributed by atoms with Gasteiger partial charge in [0.2, 0.25) is 0 Å². The van der Waals surface area contributed by atoms with Crippen molar-refractivity contribution in [3.63, 3.8) is 0 Å². The van der Waals surface area contributed by atoms with Crippen molar-refractivity contribution in [2.45, 2.75) is 19.3 Å². The average molecular weight is 421 g/mol. The van der Waals surface area contributed by atoms with Crippen molar-refractivity contribution in [2.24, 2.45) is 0 Å². The molecule has 2 heterocycles. The van der Waals surface area contributed by atoms with Crippen LogP contribution in [0.1, 0.15) is 24.8 Å². The molecule has 8 heteroatoms. The Morgan fingerprint density at radius 1 is 1.14 bits per heavy atom. The van der Waals surface area contributed by atoms with Crippen molar-refractivity contribution >= 4 is 23.5 Å². The van der Waals surface area contributed by atoms with Gasteiger partial charge >= 0.3 is 11.9 Å². The van der Waals surface area contributed by atoms with Gasteiger partial charge in [-0.05, 0) is 18.6 Å². The van der Waals surface area contributed by atoms with Gasteiger partial charge in [-0.3, -0.25) is 4.90 Å². The van der Waals surface area contributed by atoms with E-state index in [0.717, 1.165) is 13.1 Å². The first-order chi connectivity index (χ1) is 13.8. The zero-order chi connectivity index (χ0) is 21.1. The van der Waals surface area contributed by atoms with Crippen molar-refractivity contribution in [3.8, 4) is 0 Å². The number of carboxylic acid groups (broad SMARTS) is 2. The van der Waals surface area contributed by atoms with Gasteiger partial charge in [-0.2, -0.15) is 0 Å². The van der Waals surface area contributed by atoms with Crippen LogP contribution >= 0.6 is 11.6 Å². The molecule has 0 bridgehead atoms. The lowest BCUT2D eigenvalue weighted by molar-refractivity contribution is -0.133. The summed E-state index contributed by atoms with van der Waals surface area (Å²) in [4.78, 5) is 28.4. The largest absolute Gasteiger partial charge is 0.478 e. The molecule has 0 radical (unpaired) electrons. The van der Waals surface area contributed by atoms with Gasteiger partial charge in [-0.1, -0.05) is 29.8 Å². The summed E-state index contributed by atoms with van der Waals surface area (Å²) in [7, 11) is 1.72. The van der Waals surface area contributed by atoms with Crippen LogP contribution < -0.4 is 0 Å². The Labute approximate surface area is 174 Å². The van der Waals surface area contributed by atoms with Gasteiger partial charge in [-0.15, -0.1) is 0 Å². The third-order valence-electron chi connectivity index (χ3n) is 5.63. The minimum Gasteiger partial charge on any atom is -0.478 e. The summed E-state index contributed by atoms with van der Waals surface area (Å²) in [5.41, 5.74) is 1.71. The zero-order valence-corrected chi connectivity index (χ0v) is 17.3. The Bertz CT molecular complexity index is 874. The van der Waals surface area contributed by atoms with Crippen molar-refractivity contribution in [1.82, 2.24) is 9.80 Å². The minimum absolute atomic E-state index is 0.0353. The van der Waals surface area contributed by atoms with E-state index in [-0.39, 0.29) is 11.1 Å². The fourth-order valence-electron chi connectivity index (χ4n) is 4.02. The monoisotopic (exact) mass is 420 g/mol. The van der Waals surface area contributed by atoms with Gasteiger partial charge in [0.15, 0.2) is 0 Å². The van der Waals surface area contributed by atoms with Crippen LogP contribution in [0, 0.1) is 0 Å². The number of halogens is 1. The SMILES string of the molecule is CC1=C(C(=O)O)C(c2ccccc2Cl)C(C(=O)O)=C(CCN2CCOCC2)N1C. The van der Waals surface area contributed by atoms with Gasteiger partial charge in [-0.25, -0.2) is 9.59 Å². The molecule has 0 aliphatic carbocycles. The highest BCUT2D eigenvalue weighted by atomic mass is 35.5. The lowest BCUT2D eigenvalue weighted by atomic mass is 9.79. The average Bonchev–Trinajstić information content (AvgIpc) is 2.69. The molecule has 1 unspecified atom stereocenters. The molecule has 2 aliphatic rings. The van der Waals surface area contributed by atoms with E-state index in [0.29, 0.717) is 48.2 Å². The predicted octanol–water partition coefficient (Wildman–Crippen LogP) is 2.79. The Morgan fingerprint density at radius 3 is 2.34 bits per heavy atom. The molecule has 1 saturated heterocycles. The molecule has 3 rings (SSSR count). The third kappa shape index (κ3) is 4.32. The molecular formula is C21H25ClN2O5. The second-order valence-electron chi connectivity index (χ2n) is 7.19. The number of carbonyl (C=O) groups is 2. The van der Waals surface area contributed by atoms with Gasteiger partial charge in [0.1, 0.15) is 0 Å². The van der Waals surface area contributed by atoms with Gasteiger partial charge < -0.3 is 19.8 Å². The first-order valence-corrected chi connectivity index (χ1v) is 9.89. The molecule has 0 aromatic heterocycles. The van der Waals surface area contributed by atoms with Crippen LogP contribution in [0.5, 0.6) is 0 Å². The number of rotatable bonds is 6. The Kier molecular flexibility index (Phi) is 6.62. The molecular weight excluding hydrogens is 396 g/mol. The molecule has 0 spiro atoms. The highest BCUT2D eigenvalue weighted by Crippen LogP contribution is 2.44. The maximum absolute atomic E-state index is 12.4. The Morgan fingerprint density at radius 2 is 1.76 bits per heavy atom. The number of benzene rings is 1. The molecule has 1 aromatic carbocycles. The summed E-state index contributed by atoms with van der Waals surface area (Å²) in [5.74, 6) is -3.22. The first-order valence-electron chi connectivity index (χ1n) is 9.51. The van der Waals surface area contributed by atoms with Crippen LogP contribution in [0.4, 0.5) is 0 Å². The van der Waals surface area contributed by atoms with E-state index >= 15 is 0 Å². The van der Waals surface area contributed by atoms with E-state index < -0.39 is 17.9 Å². The Balaban J connectivity index is 2.09. The van der Waals surface area contributed by atoms with Gasteiger partial charge in [0.25, 0.3) is 0 Å². The summed E-state index contributed by atoms with van der Waals surface area (Å²) in [6.07, 6.45) is 0.489. The van der Waals surface area contributed by atoms with E-state index in [9.17, 15) is 19.8 Å². The first kappa shape index (κ1) is 21.4. The number of nitrogens with zero attached hydrogens (tertiary/aromatic N) is 2. The lowest BCUT2D eigenvalue weighted by Gasteiger charge is -2.37. The number of aliphatic carboxylic acids is 2. The van der Waals surface area contributed by atoms with E-state index in [1.54, 1.807) is 43.1 Å². The molecule has 1 atom stereocenters. The molecule has 156 valence electrons. The Hall–Kier alpha value is -2.35. The number of morpholine rings is 1. The van der Waals surface area contributed by atoms with E-state index in [1.165, 1.54) is 0 Å². The number of hydrogen-bond donors (Lipinski definition) is 2. The molecule has 29 heavy (non-hydrogen) atoms. The number of ether oxygens (including phenoxy) is 1. The summed E-state index contributed by atoms with van der Waals surface area (Å²) in [6.45, 7) is 5.28. The summed E-state index contributed by atoms with van der Waals surface area (Å²) in [5, 5.41) is 20.3. The zero-order valence-electron chi connectivity index (χ0n) is 16.5. The van der Waals surface area contributed by atoms with Crippen molar-refractivity contribution in [1.29, 1.82) is 0 Å². The molecule has 0 saturated carbocycles. The predicted molar refractivity (Wildman–Crippen MR) is 109 cm³/mol. The van der Waals surface area contributed by atoms with Crippen LogP contribution in [0.2, 0.25) is 5.02 Å². The molecule has 2 N–H and O–H groups in total. The quantitative estimate of drug-likeness (QED) is 0.731. The highest BCUT2D eigenvalue weighted by Gasteiger charge is 2.40. The number of hydrogen-bond acceptors (Lipinski definition) is 5. The maximum atomic E-state index is 12.4. The fraction of sp³-hybridized carbons (Fsp3) is 0.429. The van der Waals surface area contributed by atoms with Crippen LogP contribution in [-0.4, -0.2) is 71.8 Å². The number of allylic oxidation sites excluding steroid dienone is 1. The standard InChI is InChI=1S/C21H25ClN2O5/c1-13-17(20(25)26)18(14-5-3-4-6-15(14)22)19(21(27)28)16(23(13)2)7-8-24-9-11-29-12-10-24/h3-6,18H,7-12H2,1-2H3,(H,25,26)(H,27,28). The van der Waals surface area contributed by atoms with Crippen molar-refractivity contribution < 1.29 is 24.5 Å². The summed E-state index contributed by atoms with van der Waals surface area (Å²) < 4.78 is 5.37. The van der Waals surface area contributed by atoms with Crippen LogP contribution in [0.25, 0.3) is 0 Å². The smallest absolute Gasteiger partial charge is 0.334 e. The van der Waals surface area contributed by atoms with E-state index in [2.05, 4.69) is 4.90 Å². The van der Waals surface area contributed by atoms with Gasteiger partial charge in [0.05, 0.1) is 30.3 Å². The molecule has 7 nitrogen and oxygen atoms in total. The molecule has 1 aromatic rings. The lowest BCUT2D eigenvalue weighted by Crippen LogP contribution is -2.39. The molecule has 1 fully saturated rings. The summed E-state index contributed by atoms with van der Waals surface area (Å²) in [6, 6.07) is 6.82. The third-order valence-corrected chi connectivity index (χ3v) is 5.98. The van der Waals surface area contributed by atoms with Crippen LogP contribution in [-0.2, 0) is 14.3 Å². The summed E-state index contributed by atoms with van der Waals surface area (Å²) >= 11 is 6.36. The maximum Gasteiger partial charge on any atom is 0.334 e. The minimum atomic E-state index is -1.15. The van der Waals surface area contributed by atoms with Crippen LogP contribution in [0.15, 0.2) is 46.8 Å². The second kappa shape index (κ2) is 8.98. The second-order valence-corrected chi connectivity index (χ2v) is 7.59. The van der Waals surface area contributed by atoms with E-state index in [4.69, 9.17) is 16.3 Å². The molecule has 0 amide bonds. The number of carboxylic acids is 2. The molecule has 2 aliphatic heterocycles. The van der Waals surface area contributed by atoms with Gasteiger partial charge in [0, 0.05) is 49.5 Å². The highest BCUT2D eigenvalue weighted by molar-refractivity contribution is 6.31. The van der Waals surface area contributed by atoms with Crippen molar-refractivity contribution in [2.75, 3.05) is 39.9 Å². The van der Waals surface area contributed by atoms with E-state index in [1.807, 2.05) is 0 Å². The topological polar surface area (TPSA) is 90.3 Å². The normalized spacial score (nSPS) is 20.9. The fourth-order valence-corrected chi connectivity index (χ4v) is 4.26.